The van der Waals surface area contributed by atoms with Crippen LogP contribution < -0.4 is 0 Å². The van der Waals surface area contributed by atoms with E-state index in [1.165, 1.54) is 13.0 Å². The zero-order chi connectivity index (χ0) is 26.1. The van der Waals surface area contributed by atoms with Crippen molar-refractivity contribution >= 4 is 11.8 Å². The molecule has 2 N–H and O–H groups in total. The largest absolute Gasteiger partial charge is 0.456 e. The molecule has 34 heavy (non-hydrogen) atoms. The summed E-state index contributed by atoms with van der Waals surface area (Å²) in [7, 11) is 0. The van der Waals surface area contributed by atoms with E-state index < -0.39 is 17.7 Å². The van der Waals surface area contributed by atoms with E-state index in [0.29, 0.717) is 6.42 Å². The fourth-order valence-corrected chi connectivity index (χ4v) is 4.36. The minimum absolute atomic E-state index is 0.0499. The number of carbonyl (C=O) groups excluding carboxylic acids is 2. The molecule has 1 heterocycles. The van der Waals surface area contributed by atoms with Crippen molar-refractivity contribution in [3.05, 3.63) is 37.0 Å². The van der Waals surface area contributed by atoms with E-state index in [9.17, 15) is 19.8 Å². The molecular formula is C28H46O6. The lowest BCUT2D eigenvalue weighted by Gasteiger charge is -2.27. The third kappa shape index (κ3) is 9.85. The molecule has 1 aliphatic rings. The van der Waals surface area contributed by atoms with Crippen LogP contribution in [0.3, 0.4) is 0 Å². The summed E-state index contributed by atoms with van der Waals surface area (Å²) < 4.78 is 12.0. The minimum atomic E-state index is -1.65. The van der Waals surface area contributed by atoms with Crippen molar-refractivity contribution in [3.63, 3.8) is 0 Å². The molecule has 0 aromatic carbocycles. The summed E-state index contributed by atoms with van der Waals surface area (Å²) in [4.78, 5) is 25.1. The monoisotopic (exact) mass is 478 g/mol. The number of ketones is 1. The van der Waals surface area contributed by atoms with E-state index in [1.807, 2.05) is 6.92 Å². The van der Waals surface area contributed by atoms with E-state index in [4.69, 9.17) is 9.47 Å². The van der Waals surface area contributed by atoms with Crippen molar-refractivity contribution < 1.29 is 29.3 Å². The van der Waals surface area contributed by atoms with Gasteiger partial charge in [-0.05, 0) is 51.9 Å². The first-order valence-corrected chi connectivity index (χ1v) is 12.5. The Bertz CT molecular complexity index is 739. The van der Waals surface area contributed by atoms with Crippen molar-refractivity contribution in [3.8, 4) is 0 Å². The molecule has 0 unspecified atom stereocenters. The van der Waals surface area contributed by atoms with Crippen LogP contribution in [-0.4, -0.2) is 51.5 Å². The molecule has 0 bridgehead atoms. The molecule has 0 radical (unpaired) electrons. The van der Waals surface area contributed by atoms with E-state index in [1.54, 1.807) is 26.0 Å². The Morgan fingerprint density at radius 2 is 2.00 bits per heavy atom. The van der Waals surface area contributed by atoms with Gasteiger partial charge in [0.25, 0.3) is 0 Å². The van der Waals surface area contributed by atoms with Gasteiger partial charge < -0.3 is 19.7 Å². The summed E-state index contributed by atoms with van der Waals surface area (Å²) in [6.07, 6.45) is 7.33. The minimum Gasteiger partial charge on any atom is -0.456 e. The molecule has 1 fully saturated rings. The van der Waals surface area contributed by atoms with Crippen LogP contribution in [0.4, 0.5) is 0 Å². The molecular weight excluding hydrogens is 432 g/mol. The fraction of sp³-hybridized carbons (Fsp3) is 0.714. The molecule has 1 rings (SSSR count). The van der Waals surface area contributed by atoms with E-state index in [2.05, 4.69) is 27.0 Å². The highest BCUT2D eigenvalue weighted by Gasteiger charge is 2.44. The fourth-order valence-electron chi connectivity index (χ4n) is 4.36. The van der Waals surface area contributed by atoms with Crippen molar-refractivity contribution in [1.29, 1.82) is 0 Å². The first-order valence-electron chi connectivity index (χ1n) is 12.5. The maximum atomic E-state index is 12.6. The standard InChI is InChI=1S/C28H46O6/c1-9-15-27(7)18-24(23(34-27)13-11-19(3)4)33-26(31)14-12-20(5)16-25(30)28(8,32)17-22(29)21(6)10-2/h10,12,14,20-24,29,32H,2-3,9,11,13,15-18H2,1,4-8H3/b14-12+/t20-,21-,22+,23+,24-,27-,28-/m1/s1. The molecule has 0 saturated carbocycles. The van der Waals surface area contributed by atoms with Gasteiger partial charge in [0.2, 0.25) is 0 Å². The number of hydrogen-bond acceptors (Lipinski definition) is 6. The van der Waals surface area contributed by atoms with Crippen LogP contribution in [0.15, 0.2) is 37.0 Å². The van der Waals surface area contributed by atoms with Crippen molar-refractivity contribution in [2.75, 3.05) is 0 Å². The smallest absolute Gasteiger partial charge is 0.330 e. The topological polar surface area (TPSA) is 93.1 Å². The molecule has 7 atom stereocenters. The second-order valence-corrected chi connectivity index (χ2v) is 10.6. The molecule has 6 nitrogen and oxygen atoms in total. The Kier molecular flexibility index (Phi) is 11.9. The number of Topliss-reactive ketones (excluding diaryl/α,β-unsaturated/α-hetero) is 1. The number of rotatable bonds is 15. The predicted molar refractivity (Wildman–Crippen MR) is 135 cm³/mol. The lowest BCUT2D eigenvalue weighted by molar-refractivity contribution is -0.146. The van der Waals surface area contributed by atoms with Gasteiger partial charge in [-0.3, -0.25) is 4.79 Å². The summed E-state index contributed by atoms with van der Waals surface area (Å²) >= 11 is 0. The van der Waals surface area contributed by atoms with Crippen molar-refractivity contribution in [2.24, 2.45) is 11.8 Å². The van der Waals surface area contributed by atoms with Gasteiger partial charge in [0.05, 0.1) is 17.8 Å². The van der Waals surface area contributed by atoms with Gasteiger partial charge in [-0.1, -0.05) is 44.9 Å². The van der Waals surface area contributed by atoms with Crippen LogP contribution in [0.2, 0.25) is 0 Å². The lowest BCUT2D eigenvalue weighted by atomic mass is 9.85. The summed E-state index contributed by atoms with van der Waals surface area (Å²) in [5, 5.41) is 20.7. The van der Waals surface area contributed by atoms with Gasteiger partial charge in [0.1, 0.15) is 11.7 Å². The highest BCUT2D eigenvalue weighted by molar-refractivity contribution is 5.87. The van der Waals surface area contributed by atoms with Gasteiger partial charge in [0, 0.05) is 25.3 Å². The number of aliphatic hydroxyl groups is 2. The normalized spacial score (nSPS) is 27.1. The van der Waals surface area contributed by atoms with E-state index in [-0.39, 0.29) is 48.3 Å². The molecule has 1 aliphatic heterocycles. The van der Waals surface area contributed by atoms with Crippen LogP contribution in [0.1, 0.15) is 86.5 Å². The Balaban J connectivity index is 2.68. The highest BCUT2D eigenvalue weighted by Crippen LogP contribution is 2.38. The molecule has 0 aromatic rings. The van der Waals surface area contributed by atoms with Crippen LogP contribution in [-0.2, 0) is 19.1 Å². The molecule has 0 amide bonds. The Hall–Kier alpha value is -1.76. The second-order valence-electron chi connectivity index (χ2n) is 10.6. The van der Waals surface area contributed by atoms with Crippen LogP contribution in [0.5, 0.6) is 0 Å². The van der Waals surface area contributed by atoms with Crippen LogP contribution in [0, 0.1) is 11.8 Å². The van der Waals surface area contributed by atoms with E-state index in [0.717, 1.165) is 31.3 Å². The van der Waals surface area contributed by atoms with Crippen molar-refractivity contribution in [1.82, 2.24) is 0 Å². The number of ether oxygens (including phenoxy) is 2. The van der Waals surface area contributed by atoms with Crippen LogP contribution >= 0.6 is 0 Å². The zero-order valence-electron chi connectivity index (χ0n) is 22.0. The Morgan fingerprint density at radius 1 is 1.35 bits per heavy atom. The second kappa shape index (κ2) is 13.4. The number of esters is 1. The molecule has 0 aliphatic carbocycles. The zero-order valence-corrected chi connectivity index (χ0v) is 22.0. The Morgan fingerprint density at radius 3 is 2.56 bits per heavy atom. The molecule has 1 saturated heterocycles. The number of hydrogen-bond donors (Lipinski definition) is 2. The van der Waals surface area contributed by atoms with Gasteiger partial charge >= 0.3 is 5.97 Å². The average molecular weight is 479 g/mol. The maximum Gasteiger partial charge on any atom is 0.330 e. The third-order valence-electron chi connectivity index (χ3n) is 6.64. The first kappa shape index (κ1) is 30.3. The van der Waals surface area contributed by atoms with Crippen LogP contribution in [0.25, 0.3) is 0 Å². The van der Waals surface area contributed by atoms with Crippen molar-refractivity contribution in [2.45, 2.75) is 116 Å². The van der Waals surface area contributed by atoms with Gasteiger partial charge in [0.15, 0.2) is 5.78 Å². The molecule has 0 spiro atoms. The van der Waals surface area contributed by atoms with Gasteiger partial charge in [-0.15, -0.1) is 13.2 Å². The summed E-state index contributed by atoms with van der Waals surface area (Å²) in [5.74, 6) is -1.35. The quantitative estimate of drug-likeness (QED) is 0.194. The van der Waals surface area contributed by atoms with Gasteiger partial charge in [-0.2, -0.15) is 0 Å². The molecule has 194 valence electrons. The third-order valence-corrected chi connectivity index (χ3v) is 6.64. The average Bonchev–Trinajstić information content (AvgIpc) is 3.04. The predicted octanol–water partition coefficient (Wildman–Crippen LogP) is 5.08. The van der Waals surface area contributed by atoms with E-state index >= 15 is 0 Å². The van der Waals surface area contributed by atoms with Gasteiger partial charge in [-0.25, -0.2) is 4.79 Å². The number of allylic oxidation sites excluding steroid dienone is 2. The number of aliphatic hydroxyl groups excluding tert-OH is 1. The molecule has 6 heteroatoms. The Labute approximate surface area is 206 Å². The summed E-state index contributed by atoms with van der Waals surface area (Å²) in [5.41, 5.74) is -0.887. The number of carbonyl (C=O) groups is 2. The highest BCUT2D eigenvalue weighted by atomic mass is 16.6. The SMILES string of the molecule is C=C[C@@H](C)[C@@H](O)C[C@@](C)(O)C(=O)C[C@H](C)/C=C/C(=O)O[C@@H]1C[C@@](C)(CCC)O[C@H]1CCC(=C)C. The molecule has 0 aromatic heterocycles. The maximum absolute atomic E-state index is 12.6. The summed E-state index contributed by atoms with van der Waals surface area (Å²) in [6, 6.07) is 0. The lowest BCUT2D eigenvalue weighted by Crippen LogP contribution is -2.40. The first-order chi connectivity index (χ1) is 15.7. The summed E-state index contributed by atoms with van der Waals surface area (Å²) in [6.45, 7) is 18.7.